The minimum Gasteiger partial charge on any atom is -0.491 e. The number of nitrogens with zero attached hydrogens (tertiary/aromatic N) is 1. The zero-order valence-corrected chi connectivity index (χ0v) is 11.5. The van der Waals surface area contributed by atoms with Crippen LogP contribution in [-0.2, 0) is 0 Å². The van der Waals surface area contributed by atoms with Crippen LogP contribution in [0.2, 0.25) is 0 Å². The van der Waals surface area contributed by atoms with E-state index in [9.17, 15) is 4.79 Å². The Bertz CT molecular complexity index is 553. The van der Waals surface area contributed by atoms with Crippen molar-refractivity contribution in [3.8, 4) is 5.75 Å². The molecule has 2 N–H and O–H groups in total. The molecule has 0 aliphatic heterocycles. The predicted octanol–water partition coefficient (Wildman–Crippen LogP) is 3.51. The molecule has 1 aromatic heterocycles. The van der Waals surface area contributed by atoms with E-state index >= 15 is 0 Å². The number of ether oxygens (including phenoxy) is 1. The maximum Gasteiger partial charge on any atom is 0.323 e. The van der Waals surface area contributed by atoms with E-state index < -0.39 is 0 Å². The molecule has 0 fully saturated rings. The van der Waals surface area contributed by atoms with Crippen molar-refractivity contribution < 1.29 is 9.53 Å². The highest BCUT2D eigenvalue weighted by Crippen LogP contribution is 2.17. The summed E-state index contributed by atoms with van der Waals surface area (Å²) in [7, 11) is 0. The number of anilines is 2. The Morgan fingerprint density at radius 2 is 1.55 bits per heavy atom. The van der Waals surface area contributed by atoms with Crippen LogP contribution >= 0.6 is 0 Å². The van der Waals surface area contributed by atoms with Gasteiger partial charge in [0.1, 0.15) is 5.75 Å². The quantitative estimate of drug-likeness (QED) is 0.894. The van der Waals surface area contributed by atoms with Gasteiger partial charge in [0, 0.05) is 23.8 Å². The minimum atomic E-state index is -0.297. The molecule has 2 rings (SSSR count). The van der Waals surface area contributed by atoms with Gasteiger partial charge in [0.15, 0.2) is 0 Å². The van der Waals surface area contributed by atoms with Crippen LogP contribution in [0.25, 0.3) is 0 Å². The molecule has 0 saturated heterocycles. The van der Waals surface area contributed by atoms with Gasteiger partial charge in [-0.1, -0.05) is 0 Å². The van der Waals surface area contributed by atoms with Crippen LogP contribution in [0.4, 0.5) is 16.2 Å². The molecule has 104 valence electrons. The van der Waals surface area contributed by atoms with E-state index in [0.29, 0.717) is 11.4 Å². The molecule has 0 atom stereocenters. The van der Waals surface area contributed by atoms with Gasteiger partial charge >= 0.3 is 6.03 Å². The Morgan fingerprint density at radius 3 is 2.10 bits per heavy atom. The lowest BCUT2D eigenvalue weighted by atomic mass is 10.3. The van der Waals surface area contributed by atoms with Crippen molar-refractivity contribution in [3.05, 3.63) is 48.8 Å². The van der Waals surface area contributed by atoms with Gasteiger partial charge in [-0.15, -0.1) is 0 Å². The van der Waals surface area contributed by atoms with Crippen LogP contribution in [0.15, 0.2) is 48.8 Å². The van der Waals surface area contributed by atoms with Crippen LogP contribution in [0, 0.1) is 0 Å². The van der Waals surface area contributed by atoms with Crippen LogP contribution in [0.1, 0.15) is 13.8 Å². The Hall–Kier alpha value is -2.56. The summed E-state index contributed by atoms with van der Waals surface area (Å²) in [6.07, 6.45) is 3.37. The first-order chi connectivity index (χ1) is 9.63. The largest absolute Gasteiger partial charge is 0.491 e. The molecule has 2 aromatic rings. The van der Waals surface area contributed by atoms with Gasteiger partial charge in [-0.3, -0.25) is 4.98 Å². The number of hydrogen-bond acceptors (Lipinski definition) is 3. The Balaban J connectivity index is 1.91. The topological polar surface area (TPSA) is 63.2 Å². The number of benzene rings is 1. The second-order valence-electron chi connectivity index (χ2n) is 4.51. The van der Waals surface area contributed by atoms with Gasteiger partial charge in [-0.25, -0.2) is 4.79 Å². The highest BCUT2D eigenvalue weighted by molar-refractivity contribution is 5.99. The third-order valence-corrected chi connectivity index (χ3v) is 2.42. The normalized spacial score (nSPS) is 10.2. The Labute approximate surface area is 118 Å². The molecule has 5 heteroatoms. The van der Waals surface area contributed by atoms with E-state index in [1.807, 2.05) is 26.0 Å². The molecule has 0 spiro atoms. The van der Waals surface area contributed by atoms with Gasteiger partial charge in [-0.05, 0) is 50.2 Å². The molecular weight excluding hydrogens is 254 g/mol. The van der Waals surface area contributed by atoms with Crippen molar-refractivity contribution in [3.63, 3.8) is 0 Å². The van der Waals surface area contributed by atoms with Crippen LogP contribution in [0.3, 0.4) is 0 Å². The fraction of sp³-hybridized carbons (Fsp3) is 0.200. The van der Waals surface area contributed by atoms with E-state index in [4.69, 9.17) is 4.74 Å². The molecule has 0 unspecified atom stereocenters. The van der Waals surface area contributed by atoms with E-state index in [1.54, 1.807) is 36.7 Å². The number of carbonyl (C=O) groups is 1. The fourth-order valence-corrected chi connectivity index (χ4v) is 1.62. The monoisotopic (exact) mass is 271 g/mol. The first kappa shape index (κ1) is 13.9. The summed E-state index contributed by atoms with van der Waals surface area (Å²) in [5, 5.41) is 5.46. The average molecular weight is 271 g/mol. The maximum absolute atomic E-state index is 11.8. The Morgan fingerprint density at radius 1 is 1.00 bits per heavy atom. The second-order valence-corrected chi connectivity index (χ2v) is 4.51. The molecule has 0 saturated carbocycles. The summed E-state index contributed by atoms with van der Waals surface area (Å²) in [6, 6.07) is 10.4. The molecule has 20 heavy (non-hydrogen) atoms. The SMILES string of the molecule is CC(C)Oc1ccc(NC(=O)Nc2ccncc2)cc1. The number of rotatable bonds is 4. The molecule has 1 aromatic carbocycles. The van der Waals surface area contributed by atoms with Gasteiger partial charge < -0.3 is 15.4 Å². The van der Waals surface area contributed by atoms with Gasteiger partial charge in [0.05, 0.1) is 6.10 Å². The summed E-state index contributed by atoms with van der Waals surface area (Å²) in [4.78, 5) is 15.7. The molecule has 1 heterocycles. The van der Waals surface area contributed by atoms with E-state index in [2.05, 4.69) is 15.6 Å². The smallest absolute Gasteiger partial charge is 0.323 e. The number of urea groups is 1. The van der Waals surface area contributed by atoms with Gasteiger partial charge in [0.2, 0.25) is 0 Å². The third kappa shape index (κ3) is 4.28. The van der Waals surface area contributed by atoms with Crippen LogP contribution in [-0.4, -0.2) is 17.1 Å². The number of carbonyl (C=O) groups excluding carboxylic acids is 1. The van der Waals surface area contributed by atoms with E-state index in [-0.39, 0.29) is 12.1 Å². The maximum atomic E-state index is 11.8. The van der Waals surface area contributed by atoms with Crippen molar-refractivity contribution in [2.24, 2.45) is 0 Å². The number of aromatic nitrogens is 1. The molecular formula is C15H17N3O2. The Kier molecular flexibility index (Phi) is 4.55. The zero-order chi connectivity index (χ0) is 14.4. The number of pyridine rings is 1. The number of nitrogens with one attached hydrogen (secondary N) is 2. The minimum absolute atomic E-state index is 0.129. The van der Waals surface area contributed by atoms with Gasteiger partial charge in [-0.2, -0.15) is 0 Å². The number of hydrogen-bond donors (Lipinski definition) is 2. The van der Waals surface area contributed by atoms with E-state index in [1.165, 1.54) is 0 Å². The lowest BCUT2D eigenvalue weighted by Gasteiger charge is -2.11. The van der Waals surface area contributed by atoms with Crippen molar-refractivity contribution in [1.29, 1.82) is 0 Å². The lowest BCUT2D eigenvalue weighted by molar-refractivity contribution is 0.242. The van der Waals surface area contributed by atoms with Crippen molar-refractivity contribution in [2.45, 2.75) is 20.0 Å². The van der Waals surface area contributed by atoms with Gasteiger partial charge in [0.25, 0.3) is 0 Å². The molecule has 0 bridgehead atoms. The highest BCUT2D eigenvalue weighted by atomic mass is 16.5. The van der Waals surface area contributed by atoms with Crippen LogP contribution < -0.4 is 15.4 Å². The highest BCUT2D eigenvalue weighted by Gasteiger charge is 2.03. The second kappa shape index (κ2) is 6.56. The predicted molar refractivity (Wildman–Crippen MR) is 79.1 cm³/mol. The van der Waals surface area contributed by atoms with Crippen molar-refractivity contribution in [2.75, 3.05) is 10.6 Å². The van der Waals surface area contributed by atoms with E-state index in [0.717, 1.165) is 5.75 Å². The lowest BCUT2D eigenvalue weighted by Crippen LogP contribution is -2.19. The average Bonchev–Trinajstić information content (AvgIpc) is 2.41. The first-order valence-electron chi connectivity index (χ1n) is 6.38. The third-order valence-electron chi connectivity index (χ3n) is 2.42. The van der Waals surface area contributed by atoms with Crippen LogP contribution in [0.5, 0.6) is 5.75 Å². The molecule has 2 amide bonds. The molecule has 0 aliphatic rings. The zero-order valence-electron chi connectivity index (χ0n) is 11.5. The molecule has 5 nitrogen and oxygen atoms in total. The summed E-state index contributed by atoms with van der Waals surface area (Å²) < 4.78 is 5.53. The first-order valence-corrected chi connectivity index (χ1v) is 6.38. The summed E-state index contributed by atoms with van der Waals surface area (Å²) in [5.41, 5.74) is 1.39. The van der Waals surface area contributed by atoms with Crippen molar-refractivity contribution in [1.82, 2.24) is 4.98 Å². The molecule has 0 radical (unpaired) electrons. The summed E-state index contributed by atoms with van der Waals surface area (Å²) in [6.45, 7) is 3.93. The number of amides is 2. The molecule has 0 aliphatic carbocycles. The van der Waals surface area contributed by atoms with Crippen molar-refractivity contribution >= 4 is 17.4 Å². The summed E-state index contributed by atoms with van der Waals surface area (Å²) in [5.74, 6) is 0.778. The fourth-order valence-electron chi connectivity index (χ4n) is 1.62. The summed E-state index contributed by atoms with van der Waals surface area (Å²) >= 11 is 0. The standard InChI is InChI=1S/C15H17N3O2/c1-11(2)20-14-5-3-12(4-6-14)17-15(19)18-13-7-9-16-10-8-13/h3-11H,1-2H3,(H2,16,17,18,19).